The van der Waals surface area contributed by atoms with Gasteiger partial charge in [0.2, 0.25) is 5.79 Å². The minimum Gasteiger partial charge on any atom is -0.462 e. The zero-order valence-corrected chi connectivity index (χ0v) is 11.2. The van der Waals surface area contributed by atoms with Gasteiger partial charge in [-0.05, 0) is 18.9 Å². The third-order valence-corrected chi connectivity index (χ3v) is 3.94. The number of benzene rings is 1. The van der Waals surface area contributed by atoms with Crippen LogP contribution in [0.15, 0.2) is 24.3 Å². The Labute approximate surface area is 114 Å². The number of hydrogen-bond acceptors (Lipinski definition) is 4. The van der Waals surface area contributed by atoms with Crippen molar-refractivity contribution in [1.29, 1.82) is 0 Å². The largest absolute Gasteiger partial charge is 0.462 e. The van der Waals surface area contributed by atoms with E-state index in [1.165, 1.54) is 0 Å². The van der Waals surface area contributed by atoms with Gasteiger partial charge in [0.15, 0.2) is 0 Å². The van der Waals surface area contributed by atoms with Crippen molar-refractivity contribution in [3.05, 3.63) is 29.8 Å². The van der Waals surface area contributed by atoms with Crippen LogP contribution in [0.5, 0.6) is 5.75 Å². The second-order valence-corrected chi connectivity index (χ2v) is 5.54. The molecule has 1 aliphatic heterocycles. The summed E-state index contributed by atoms with van der Waals surface area (Å²) in [4.78, 5) is 0. The maximum atomic E-state index is 10.7. The summed E-state index contributed by atoms with van der Waals surface area (Å²) in [7, 11) is 0. The highest BCUT2D eigenvalue weighted by Crippen LogP contribution is 2.45. The van der Waals surface area contributed by atoms with Crippen molar-refractivity contribution in [2.24, 2.45) is 0 Å². The van der Waals surface area contributed by atoms with Crippen molar-refractivity contribution in [3.8, 4) is 5.75 Å². The fraction of sp³-hybridized carbons (Fsp3) is 0.538. The highest BCUT2D eigenvalue weighted by molar-refractivity contribution is 7.74. The lowest BCUT2D eigenvalue weighted by Crippen LogP contribution is -2.42. The first kappa shape index (κ1) is 13.1. The molecule has 1 aromatic rings. The molecule has 2 aliphatic rings. The second kappa shape index (κ2) is 5.20. The van der Waals surface area contributed by atoms with Crippen LogP contribution >= 0.6 is 0 Å². The topological polar surface area (TPSA) is 65.0 Å². The first-order valence-electron chi connectivity index (χ1n) is 6.38. The second-order valence-electron chi connectivity index (χ2n) is 4.87. The minimum atomic E-state index is -2.28. The molecule has 2 unspecified atom stereocenters. The summed E-state index contributed by atoms with van der Waals surface area (Å²) < 4.78 is 36.2. The fourth-order valence-corrected chi connectivity index (χ4v) is 3.00. The molecule has 0 saturated heterocycles. The van der Waals surface area contributed by atoms with E-state index in [0.29, 0.717) is 0 Å². The molecule has 2 atom stereocenters. The average molecular weight is 284 g/mol. The molecule has 1 saturated carbocycles. The monoisotopic (exact) mass is 284 g/mol. The van der Waals surface area contributed by atoms with E-state index < -0.39 is 17.1 Å². The summed E-state index contributed by atoms with van der Waals surface area (Å²) in [6, 6.07) is 7.60. The Morgan fingerprint density at radius 2 is 2.11 bits per heavy atom. The Hall–Kier alpha value is -0.950. The predicted molar refractivity (Wildman–Crippen MR) is 68.8 cm³/mol. The van der Waals surface area contributed by atoms with Crippen molar-refractivity contribution in [3.63, 3.8) is 0 Å². The zero-order chi connectivity index (χ0) is 13.3. The molecule has 1 spiro atoms. The highest BCUT2D eigenvalue weighted by atomic mass is 32.2. The van der Waals surface area contributed by atoms with Crippen molar-refractivity contribution >= 4 is 11.4 Å². The van der Waals surface area contributed by atoms with E-state index in [0.717, 1.165) is 37.0 Å². The van der Waals surface area contributed by atoms with E-state index >= 15 is 0 Å². The molecule has 1 N–H and O–H groups in total. The molecule has 0 radical (unpaired) electrons. The first-order chi connectivity index (χ1) is 9.19. The predicted octanol–water partition coefficient (Wildman–Crippen LogP) is 2.56. The van der Waals surface area contributed by atoms with Gasteiger partial charge in [0.25, 0.3) is 0 Å². The van der Waals surface area contributed by atoms with E-state index in [4.69, 9.17) is 18.2 Å². The van der Waals surface area contributed by atoms with E-state index in [9.17, 15) is 4.21 Å². The van der Waals surface area contributed by atoms with E-state index in [2.05, 4.69) is 0 Å². The molecule has 1 heterocycles. The average Bonchev–Trinajstić information content (AvgIpc) is 2.83. The summed E-state index contributed by atoms with van der Waals surface area (Å²) >= 11 is -2.28. The lowest BCUT2D eigenvalue weighted by Gasteiger charge is -2.39. The van der Waals surface area contributed by atoms with Crippen LogP contribution in [0.25, 0.3) is 0 Å². The van der Waals surface area contributed by atoms with Gasteiger partial charge in [-0.2, -0.15) is 4.21 Å². The molecule has 1 fully saturated rings. The van der Waals surface area contributed by atoms with Crippen LogP contribution in [0.1, 0.15) is 37.4 Å². The SMILES string of the molecule is O=S(O)OCC1OC2(CCCC2)Oc2ccccc21. The number of ether oxygens (including phenoxy) is 2. The van der Waals surface area contributed by atoms with E-state index in [1.54, 1.807) is 0 Å². The number of hydrogen-bond donors (Lipinski definition) is 1. The number of rotatable bonds is 3. The van der Waals surface area contributed by atoms with Crippen LogP contribution < -0.4 is 4.74 Å². The molecule has 0 aromatic heterocycles. The molecule has 6 heteroatoms. The van der Waals surface area contributed by atoms with Gasteiger partial charge >= 0.3 is 11.4 Å². The molecule has 5 nitrogen and oxygen atoms in total. The van der Waals surface area contributed by atoms with Crippen molar-refractivity contribution in [2.75, 3.05) is 6.61 Å². The molecular weight excluding hydrogens is 268 g/mol. The van der Waals surface area contributed by atoms with E-state index in [-0.39, 0.29) is 12.7 Å². The Bertz CT molecular complexity index is 484. The third-order valence-electron chi connectivity index (χ3n) is 3.60. The molecule has 0 bridgehead atoms. The van der Waals surface area contributed by atoms with Gasteiger partial charge in [-0.3, -0.25) is 8.74 Å². The molecule has 19 heavy (non-hydrogen) atoms. The van der Waals surface area contributed by atoms with Crippen molar-refractivity contribution in [1.82, 2.24) is 0 Å². The van der Waals surface area contributed by atoms with Crippen LogP contribution in [0.3, 0.4) is 0 Å². The van der Waals surface area contributed by atoms with Crippen LogP contribution in [-0.2, 0) is 20.3 Å². The van der Waals surface area contributed by atoms with Crippen molar-refractivity contribution < 1.29 is 22.4 Å². The van der Waals surface area contributed by atoms with Gasteiger partial charge in [-0.1, -0.05) is 18.2 Å². The van der Waals surface area contributed by atoms with Gasteiger partial charge in [0.1, 0.15) is 11.9 Å². The van der Waals surface area contributed by atoms with E-state index in [1.807, 2.05) is 24.3 Å². The van der Waals surface area contributed by atoms with Gasteiger partial charge in [-0.15, -0.1) is 0 Å². The van der Waals surface area contributed by atoms with Crippen LogP contribution in [0, 0.1) is 0 Å². The lowest BCUT2D eigenvalue weighted by atomic mass is 10.1. The lowest BCUT2D eigenvalue weighted by molar-refractivity contribution is -0.230. The molecule has 104 valence electrons. The highest BCUT2D eigenvalue weighted by Gasteiger charge is 2.44. The fourth-order valence-electron chi connectivity index (χ4n) is 2.76. The Morgan fingerprint density at radius 3 is 2.84 bits per heavy atom. The summed E-state index contributed by atoms with van der Waals surface area (Å²) in [6.45, 7) is 0.0469. The van der Waals surface area contributed by atoms with Gasteiger partial charge in [0.05, 0.1) is 6.61 Å². The summed E-state index contributed by atoms with van der Waals surface area (Å²) in [5.74, 6) is 0.201. The standard InChI is InChI=1S/C13H16O5S/c14-19(15)16-9-12-10-5-1-2-6-11(10)17-13(18-12)7-3-4-8-13/h1-2,5-6,12H,3-4,7-9H2,(H,14,15). The van der Waals surface area contributed by atoms with Gasteiger partial charge in [-0.25, -0.2) is 0 Å². The Morgan fingerprint density at radius 1 is 1.37 bits per heavy atom. The molecule has 0 amide bonds. The summed E-state index contributed by atoms with van der Waals surface area (Å²) in [5.41, 5.74) is 0.866. The molecule has 1 aliphatic carbocycles. The first-order valence-corrected chi connectivity index (χ1v) is 7.42. The minimum absolute atomic E-state index is 0.0469. The number of fused-ring (bicyclic) bond motifs is 1. The molecule has 1 aromatic carbocycles. The quantitative estimate of drug-likeness (QED) is 0.864. The smallest absolute Gasteiger partial charge is 0.301 e. The Balaban J connectivity index is 1.87. The summed E-state index contributed by atoms with van der Waals surface area (Å²) in [5, 5.41) is 0. The maximum absolute atomic E-state index is 10.7. The molecular formula is C13H16O5S. The zero-order valence-electron chi connectivity index (χ0n) is 10.4. The third kappa shape index (κ3) is 2.67. The van der Waals surface area contributed by atoms with Crippen LogP contribution in [-0.4, -0.2) is 21.2 Å². The normalized spacial score (nSPS) is 25.8. The van der Waals surface area contributed by atoms with Crippen LogP contribution in [0.4, 0.5) is 0 Å². The van der Waals surface area contributed by atoms with Gasteiger partial charge < -0.3 is 9.47 Å². The molecule has 3 rings (SSSR count). The summed E-state index contributed by atoms with van der Waals surface area (Å²) in [6.07, 6.45) is 3.47. The van der Waals surface area contributed by atoms with Gasteiger partial charge in [0, 0.05) is 18.4 Å². The number of para-hydroxylation sites is 1. The van der Waals surface area contributed by atoms with Crippen LogP contribution in [0.2, 0.25) is 0 Å². The Kier molecular flexibility index (Phi) is 3.58. The maximum Gasteiger partial charge on any atom is 0.301 e. The van der Waals surface area contributed by atoms with Crippen molar-refractivity contribution in [2.45, 2.75) is 37.6 Å².